The van der Waals surface area contributed by atoms with Crippen molar-refractivity contribution in [3.05, 3.63) is 106 Å². The van der Waals surface area contributed by atoms with E-state index >= 15 is 0 Å². The van der Waals surface area contributed by atoms with Crippen LogP contribution in [0.1, 0.15) is 134 Å². The average Bonchev–Trinajstić information content (AvgIpc) is 2.89. The zero-order valence-corrected chi connectivity index (χ0v) is 26.9. The number of hydrogen-bond donors (Lipinski definition) is 0. The van der Waals surface area contributed by atoms with Gasteiger partial charge in [0.1, 0.15) is 0 Å². The Morgan fingerprint density at radius 1 is 0.692 bits per heavy atom. The molecular formula is C38H52Li. The molecule has 0 amide bonds. The molecule has 0 aliphatic rings. The van der Waals surface area contributed by atoms with Crippen LogP contribution in [0, 0.1) is 17.8 Å². The van der Waals surface area contributed by atoms with E-state index in [-0.39, 0.29) is 10.8 Å². The van der Waals surface area contributed by atoms with E-state index in [1.165, 1.54) is 62.8 Å². The van der Waals surface area contributed by atoms with Gasteiger partial charge in [0, 0.05) is 0 Å². The molecule has 1 heteroatoms. The molecule has 0 saturated carbocycles. The Bertz CT molecular complexity index is 1170. The molecule has 0 N–H and O–H groups in total. The molecule has 3 aromatic rings. The molecule has 0 aromatic heterocycles. The predicted octanol–water partition coefficient (Wildman–Crippen LogP) is 10.1. The van der Waals surface area contributed by atoms with Crippen LogP contribution in [0.4, 0.5) is 0 Å². The van der Waals surface area contributed by atoms with Gasteiger partial charge >= 0.3 is 251 Å². The fourth-order valence-corrected chi connectivity index (χ4v) is 5.65. The Hall–Kier alpha value is -1.74. The fraction of sp³-hybridized carbons (Fsp3) is 0.500. The summed E-state index contributed by atoms with van der Waals surface area (Å²) in [7, 11) is 0. The summed E-state index contributed by atoms with van der Waals surface area (Å²) >= 11 is 2.32. The molecule has 1 radical (unpaired) electrons. The average molecular weight is 516 g/mol. The molecule has 0 aliphatic carbocycles. The SMILES string of the molecule is [Li][c]1cccc(C(CC(C)CC)c2ccc(C(C)(C)C)cc2)c1[C](CC(C)CC)c1ccc(C(C)(C)C)cc1. The van der Waals surface area contributed by atoms with Gasteiger partial charge in [-0.2, -0.15) is 0 Å². The maximum atomic E-state index is 2.42. The van der Waals surface area contributed by atoms with Crippen molar-refractivity contribution in [2.45, 2.75) is 112 Å². The van der Waals surface area contributed by atoms with Gasteiger partial charge < -0.3 is 0 Å². The van der Waals surface area contributed by atoms with Crippen LogP contribution in [-0.4, -0.2) is 17.7 Å². The van der Waals surface area contributed by atoms with Crippen LogP contribution in [-0.2, 0) is 10.8 Å². The number of benzene rings is 3. The summed E-state index contributed by atoms with van der Waals surface area (Å²) in [5.41, 5.74) is 8.92. The molecule has 39 heavy (non-hydrogen) atoms. The predicted molar refractivity (Wildman–Crippen MR) is 174 cm³/mol. The minimum absolute atomic E-state index is 0.157. The van der Waals surface area contributed by atoms with Crippen molar-refractivity contribution in [3.63, 3.8) is 0 Å². The molecule has 0 bridgehead atoms. The molecule has 3 aromatic carbocycles. The van der Waals surface area contributed by atoms with Crippen molar-refractivity contribution < 1.29 is 0 Å². The van der Waals surface area contributed by atoms with Gasteiger partial charge in [0.15, 0.2) is 0 Å². The monoisotopic (exact) mass is 515 g/mol. The second kappa shape index (κ2) is 13.3. The summed E-state index contributed by atoms with van der Waals surface area (Å²) in [5, 5.41) is 0. The van der Waals surface area contributed by atoms with Gasteiger partial charge in [0.2, 0.25) is 0 Å². The van der Waals surface area contributed by atoms with Crippen molar-refractivity contribution >= 4 is 22.0 Å². The third kappa shape index (κ3) is 8.15. The first kappa shape index (κ1) is 31.8. The van der Waals surface area contributed by atoms with Crippen molar-refractivity contribution in [2.75, 3.05) is 0 Å². The normalized spacial score (nSPS) is 14.9. The molecule has 0 fully saturated rings. The summed E-state index contributed by atoms with van der Waals surface area (Å²) < 4.78 is 1.39. The maximum absolute atomic E-state index is 2.42. The first-order valence-corrected chi connectivity index (χ1v) is 15.4. The second-order valence-corrected chi connectivity index (χ2v) is 14.2. The van der Waals surface area contributed by atoms with Gasteiger partial charge in [-0.3, -0.25) is 0 Å². The van der Waals surface area contributed by atoms with E-state index in [2.05, 4.69) is 154 Å². The van der Waals surface area contributed by atoms with E-state index in [1.807, 2.05) is 0 Å². The van der Waals surface area contributed by atoms with Crippen LogP contribution in [0.5, 0.6) is 0 Å². The standard InChI is InChI=1S/C38H52.Li/c1-11-27(3)25-35(29-17-21-31(22-18-29)37(5,6)7)33-15-13-14-16-34(33)36(26-28(4)12-2)30-19-23-32(24-20-30)38(8,9)10;/h13-15,17-24,27-28,35H,11-12,25-26H2,1-10H3;. The third-order valence-electron chi connectivity index (χ3n) is 8.85. The van der Waals surface area contributed by atoms with Crippen LogP contribution in [0.25, 0.3) is 0 Å². The zero-order valence-electron chi connectivity index (χ0n) is 26.9. The van der Waals surface area contributed by atoms with Crippen molar-refractivity contribution in [1.29, 1.82) is 0 Å². The molecule has 3 atom stereocenters. The summed E-state index contributed by atoms with van der Waals surface area (Å²) in [6.07, 6.45) is 4.66. The van der Waals surface area contributed by atoms with Crippen molar-refractivity contribution in [2.24, 2.45) is 11.8 Å². The molecule has 0 aliphatic heterocycles. The Morgan fingerprint density at radius 3 is 1.69 bits per heavy atom. The quantitative estimate of drug-likeness (QED) is 0.236. The van der Waals surface area contributed by atoms with Crippen molar-refractivity contribution in [3.8, 4) is 0 Å². The van der Waals surface area contributed by atoms with Gasteiger partial charge in [-0.15, -0.1) is 0 Å². The van der Waals surface area contributed by atoms with Gasteiger partial charge in [0.05, 0.1) is 0 Å². The summed E-state index contributed by atoms with van der Waals surface area (Å²) in [4.78, 5) is 0. The molecule has 0 nitrogen and oxygen atoms in total. The molecule has 3 rings (SSSR count). The first-order valence-electron chi connectivity index (χ1n) is 15.4. The van der Waals surface area contributed by atoms with Crippen LogP contribution in [0.2, 0.25) is 0 Å². The zero-order chi connectivity index (χ0) is 29.0. The van der Waals surface area contributed by atoms with Gasteiger partial charge in [-0.1, -0.05) is 0 Å². The fourth-order valence-electron chi connectivity index (χ4n) is 5.65. The Kier molecular flexibility index (Phi) is 10.8. The molecule has 0 spiro atoms. The topological polar surface area (TPSA) is 0 Å². The molecule has 205 valence electrons. The second-order valence-electron chi connectivity index (χ2n) is 14.2. The van der Waals surface area contributed by atoms with Gasteiger partial charge in [0.25, 0.3) is 0 Å². The van der Waals surface area contributed by atoms with Crippen LogP contribution >= 0.6 is 0 Å². The third-order valence-corrected chi connectivity index (χ3v) is 8.85. The summed E-state index contributed by atoms with van der Waals surface area (Å²) in [5.74, 6) is 3.19. The van der Waals surface area contributed by atoms with E-state index in [9.17, 15) is 0 Å². The molecule has 0 saturated heterocycles. The van der Waals surface area contributed by atoms with E-state index in [4.69, 9.17) is 0 Å². The Morgan fingerprint density at radius 2 is 1.21 bits per heavy atom. The van der Waals surface area contributed by atoms with Crippen molar-refractivity contribution in [1.82, 2.24) is 0 Å². The Balaban J connectivity index is 2.20. The Labute approximate surface area is 250 Å². The summed E-state index contributed by atoms with van der Waals surface area (Å²) in [6, 6.07) is 26.1. The van der Waals surface area contributed by atoms with Crippen LogP contribution in [0.15, 0.2) is 66.7 Å². The van der Waals surface area contributed by atoms with E-state index in [0.717, 1.165) is 6.42 Å². The number of hydrogen-bond acceptors (Lipinski definition) is 0. The van der Waals surface area contributed by atoms with Crippen LogP contribution in [0.3, 0.4) is 0 Å². The molecular weight excluding hydrogens is 463 g/mol. The molecule has 0 heterocycles. The minimum atomic E-state index is 0.157. The van der Waals surface area contributed by atoms with E-state index in [0.29, 0.717) is 17.8 Å². The van der Waals surface area contributed by atoms with Crippen LogP contribution < -0.4 is 4.24 Å². The number of rotatable bonds is 10. The van der Waals surface area contributed by atoms with E-state index in [1.54, 1.807) is 0 Å². The van der Waals surface area contributed by atoms with Gasteiger partial charge in [-0.25, -0.2) is 0 Å². The van der Waals surface area contributed by atoms with Gasteiger partial charge in [-0.05, 0) is 0 Å². The first-order chi connectivity index (χ1) is 18.3. The molecule has 3 unspecified atom stereocenters. The van der Waals surface area contributed by atoms with E-state index < -0.39 is 0 Å². The summed E-state index contributed by atoms with van der Waals surface area (Å²) in [6.45, 7) is 23.3.